The van der Waals surface area contributed by atoms with Crippen molar-refractivity contribution in [3.05, 3.63) is 59.7 Å². The summed E-state index contributed by atoms with van der Waals surface area (Å²) >= 11 is 0. The van der Waals surface area contributed by atoms with E-state index in [0.29, 0.717) is 11.1 Å². The number of rotatable bonds is 8. The van der Waals surface area contributed by atoms with Crippen molar-refractivity contribution in [2.24, 2.45) is 0 Å². The largest absolute Gasteiger partial charge is 0.387 e. The first-order valence-electron chi connectivity index (χ1n) is 10.9. The van der Waals surface area contributed by atoms with Crippen LogP contribution in [-0.4, -0.2) is 65.0 Å². The summed E-state index contributed by atoms with van der Waals surface area (Å²) in [7, 11) is -8.66. The Morgan fingerprint density at radius 3 is 2.00 bits per heavy atom. The maximum atomic E-state index is 13.1. The molecular weight excluding hydrogens is 500 g/mol. The van der Waals surface area contributed by atoms with Gasteiger partial charge in [-0.25, -0.2) is 0 Å². The van der Waals surface area contributed by atoms with Crippen LogP contribution < -0.4 is 0 Å². The molecule has 0 unspecified atom stereocenters. The second kappa shape index (κ2) is 9.52. The molecule has 1 N–H and O–H groups in total. The molecule has 10 nitrogen and oxygen atoms in total. The number of aryl methyl sites for hydroxylation is 2. The molecule has 12 heteroatoms. The number of fused-ring (bicyclic) bond motifs is 1. The first-order chi connectivity index (χ1) is 16.3. The van der Waals surface area contributed by atoms with Crippen molar-refractivity contribution in [3.8, 4) is 0 Å². The lowest BCUT2D eigenvalue weighted by molar-refractivity contribution is -0.225. The van der Waals surface area contributed by atoms with Crippen LogP contribution in [-0.2, 0) is 42.8 Å². The van der Waals surface area contributed by atoms with Gasteiger partial charge < -0.3 is 19.3 Å². The van der Waals surface area contributed by atoms with Crippen LogP contribution in [0.1, 0.15) is 25.0 Å². The van der Waals surface area contributed by atoms with Crippen molar-refractivity contribution in [1.82, 2.24) is 0 Å². The Bertz CT molecular complexity index is 1290. The highest BCUT2D eigenvalue weighted by Gasteiger charge is 2.57. The van der Waals surface area contributed by atoms with E-state index in [9.17, 15) is 21.9 Å². The molecule has 2 heterocycles. The number of aliphatic hydroxyl groups is 1. The minimum atomic E-state index is -4.39. The molecule has 0 aromatic heterocycles. The second-order valence-electron chi connectivity index (χ2n) is 8.92. The third-order valence-corrected chi connectivity index (χ3v) is 8.72. The molecule has 2 fully saturated rings. The molecule has 0 aliphatic carbocycles. The van der Waals surface area contributed by atoms with E-state index in [4.69, 9.17) is 22.6 Å². The highest BCUT2D eigenvalue weighted by molar-refractivity contribution is 7.87. The predicted octanol–water partition coefficient (Wildman–Crippen LogP) is 2.02. The average Bonchev–Trinajstić information content (AvgIpc) is 3.23. The van der Waals surface area contributed by atoms with Crippen LogP contribution in [0.25, 0.3) is 0 Å². The Morgan fingerprint density at radius 1 is 0.914 bits per heavy atom. The topological polar surface area (TPSA) is 135 Å². The van der Waals surface area contributed by atoms with Crippen LogP contribution in [0.4, 0.5) is 0 Å². The van der Waals surface area contributed by atoms with Gasteiger partial charge in [0, 0.05) is 0 Å². The fourth-order valence-corrected chi connectivity index (χ4v) is 6.56. The van der Waals surface area contributed by atoms with Gasteiger partial charge in [0.1, 0.15) is 24.4 Å². The second-order valence-corrected chi connectivity index (χ2v) is 12.0. The van der Waals surface area contributed by atoms with Crippen molar-refractivity contribution in [1.29, 1.82) is 0 Å². The molecular formula is C23H28O10S2. The predicted molar refractivity (Wildman–Crippen MR) is 122 cm³/mol. The van der Waals surface area contributed by atoms with Crippen molar-refractivity contribution in [2.45, 2.75) is 74.0 Å². The molecule has 5 atom stereocenters. The lowest BCUT2D eigenvalue weighted by Gasteiger charge is -2.28. The maximum Gasteiger partial charge on any atom is 0.297 e. The minimum Gasteiger partial charge on any atom is -0.387 e. The summed E-state index contributed by atoms with van der Waals surface area (Å²) in [6.07, 6.45) is -6.13. The Balaban J connectivity index is 1.61. The standard InChI is InChI=1S/C23H28O10S2/c1-14-9-5-7-11-17(14)34(25,26)29-13-16(33-35(27,28)18-12-8-6-10-15(18)2)20-19(24)21-22(30-20)32-23(3,4)31-21/h5-12,16,19-22,24H,13H2,1-4H3/t16-,19+,20-,21-,22-/m1/s1. The van der Waals surface area contributed by atoms with Gasteiger partial charge in [-0.15, -0.1) is 0 Å². The first kappa shape index (κ1) is 26.2. The van der Waals surface area contributed by atoms with E-state index in [-0.39, 0.29) is 9.79 Å². The van der Waals surface area contributed by atoms with Crippen LogP contribution in [0.15, 0.2) is 58.3 Å². The SMILES string of the molecule is Cc1ccccc1S(=O)(=O)OC[C@@H](OS(=O)(=O)c1ccccc1C)[C@H]1O[C@@H]2OC(C)(C)O[C@@H]2[C@H]1O. The van der Waals surface area contributed by atoms with E-state index in [2.05, 4.69) is 0 Å². The number of ether oxygens (including phenoxy) is 3. The zero-order valence-corrected chi connectivity index (χ0v) is 21.3. The molecule has 2 aliphatic rings. The highest BCUT2D eigenvalue weighted by Crippen LogP contribution is 2.39. The summed E-state index contributed by atoms with van der Waals surface area (Å²) in [5.74, 6) is -1.02. The quantitative estimate of drug-likeness (QED) is 0.507. The average molecular weight is 529 g/mol. The summed E-state index contributed by atoms with van der Waals surface area (Å²) < 4.78 is 79.5. The number of benzene rings is 2. The molecule has 2 aromatic carbocycles. The van der Waals surface area contributed by atoms with Crippen LogP contribution in [0.5, 0.6) is 0 Å². The van der Waals surface area contributed by atoms with Gasteiger partial charge in [-0.05, 0) is 51.0 Å². The molecule has 0 radical (unpaired) electrons. The molecule has 0 bridgehead atoms. The smallest absolute Gasteiger partial charge is 0.297 e. The van der Waals surface area contributed by atoms with Gasteiger partial charge in [-0.3, -0.25) is 8.37 Å². The Kier molecular flexibility index (Phi) is 7.12. The summed E-state index contributed by atoms with van der Waals surface area (Å²) in [4.78, 5) is -0.174. The summed E-state index contributed by atoms with van der Waals surface area (Å²) in [5, 5.41) is 10.9. The maximum absolute atomic E-state index is 13.1. The van der Waals surface area contributed by atoms with Gasteiger partial charge in [0.15, 0.2) is 12.1 Å². The number of hydrogen-bond acceptors (Lipinski definition) is 10. The fourth-order valence-electron chi connectivity index (χ4n) is 4.11. The molecule has 192 valence electrons. The monoisotopic (exact) mass is 528 g/mol. The summed E-state index contributed by atoms with van der Waals surface area (Å²) in [6, 6.07) is 12.4. The lowest BCUT2D eigenvalue weighted by atomic mass is 10.1. The van der Waals surface area contributed by atoms with Crippen molar-refractivity contribution < 1.29 is 44.5 Å². The molecule has 2 saturated heterocycles. The van der Waals surface area contributed by atoms with Crippen LogP contribution in [0, 0.1) is 13.8 Å². The van der Waals surface area contributed by atoms with Gasteiger partial charge >= 0.3 is 0 Å². The van der Waals surface area contributed by atoms with Crippen LogP contribution in [0.3, 0.4) is 0 Å². The van der Waals surface area contributed by atoms with E-state index in [1.165, 1.54) is 18.2 Å². The number of hydrogen-bond donors (Lipinski definition) is 1. The van der Waals surface area contributed by atoms with Gasteiger partial charge in [0.25, 0.3) is 20.2 Å². The van der Waals surface area contributed by atoms with E-state index in [1.807, 2.05) is 0 Å². The zero-order valence-electron chi connectivity index (χ0n) is 19.7. The Labute approximate surface area is 205 Å². The first-order valence-corrected chi connectivity index (χ1v) is 13.8. The molecule has 2 aromatic rings. The fraction of sp³-hybridized carbons (Fsp3) is 0.478. The molecule has 0 spiro atoms. The summed E-state index contributed by atoms with van der Waals surface area (Å²) in [6.45, 7) is 5.75. The molecule has 2 aliphatic heterocycles. The van der Waals surface area contributed by atoms with E-state index in [0.717, 1.165) is 0 Å². The van der Waals surface area contributed by atoms with Gasteiger partial charge in [0.2, 0.25) is 0 Å². The van der Waals surface area contributed by atoms with Crippen LogP contribution >= 0.6 is 0 Å². The van der Waals surface area contributed by atoms with Gasteiger partial charge in [0.05, 0.1) is 16.4 Å². The molecule has 0 saturated carbocycles. The lowest BCUT2D eigenvalue weighted by Crippen LogP contribution is -2.45. The normalized spacial score (nSPS) is 27.0. The molecule has 0 amide bonds. The van der Waals surface area contributed by atoms with Gasteiger partial charge in [-0.1, -0.05) is 36.4 Å². The van der Waals surface area contributed by atoms with Crippen molar-refractivity contribution >= 4 is 20.2 Å². The third kappa shape index (κ3) is 5.44. The van der Waals surface area contributed by atoms with Gasteiger partial charge in [-0.2, -0.15) is 16.8 Å². The van der Waals surface area contributed by atoms with E-state index < -0.39 is 63.3 Å². The minimum absolute atomic E-state index is 0.0707. The van der Waals surface area contributed by atoms with E-state index in [1.54, 1.807) is 58.0 Å². The van der Waals surface area contributed by atoms with Crippen molar-refractivity contribution in [3.63, 3.8) is 0 Å². The van der Waals surface area contributed by atoms with Crippen molar-refractivity contribution in [2.75, 3.05) is 6.61 Å². The Hall–Kier alpha value is -1.90. The zero-order chi connectivity index (χ0) is 25.6. The van der Waals surface area contributed by atoms with Crippen LogP contribution in [0.2, 0.25) is 0 Å². The Morgan fingerprint density at radius 2 is 1.46 bits per heavy atom. The molecule has 4 rings (SSSR count). The van der Waals surface area contributed by atoms with E-state index >= 15 is 0 Å². The third-order valence-electron chi connectivity index (χ3n) is 5.78. The highest BCUT2D eigenvalue weighted by atomic mass is 32.2. The summed E-state index contributed by atoms with van der Waals surface area (Å²) in [5.41, 5.74) is 0.881. The number of aliphatic hydroxyl groups excluding tert-OH is 1. The molecule has 35 heavy (non-hydrogen) atoms.